The number of anilines is 1. The van der Waals surface area contributed by atoms with E-state index in [1.165, 1.54) is 25.5 Å². The first-order valence-electron chi connectivity index (χ1n) is 5.22. The molecule has 0 bridgehead atoms. The SMILES string of the molecule is CNc1nccc(C(=O)NCc2ccno2)c1F. The molecule has 0 spiro atoms. The Morgan fingerprint density at radius 1 is 1.44 bits per heavy atom. The second kappa shape index (κ2) is 5.26. The number of nitrogens with zero attached hydrogens (tertiary/aromatic N) is 2. The number of nitrogens with one attached hydrogen (secondary N) is 2. The molecule has 0 saturated heterocycles. The second-order valence-electron chi connectivity index (χ2n) is 3.43. The van der Waals surface area contributed by atoms with E-state index in [1.54, 1.807) is 6.07 Å². The van der Waals surface area contributed by atoms with E-state index in [2.05, 4.69) is 20.8 Å². The van der Waals surface area contributed by atoms with Crippen LogP contribution in [0.2, 0.25) is 0 Å². The van der Waals surface area contributed by atoms with Crippen LogP contribution in [-0.4, -0.2) is 23.1 Å². The molecule has 2 heterocycles. The quantitative estimate of drug-likeness (QED) is 0.851. The van der Waals surface area contributed by atoms with Crippen molar-refractivity contribution in [3.63, 3.8) is 0 Å². The Morgan fingerprint density at radius 2 is 2.28 bits per heavy atom. The number of hydrogen-bond donors (Lipinski definition) is 2. The van der Waals surface area contributed by atoms with Crippen molar-refractivity contribution in [2.24, 2.45) is 0 Å². The molecule has 1 amide bonds. The smallest absolute Gasteiger partial charge is 0.254 e. The molecule has 18 heavy (non-hydrogen) atoms. The molecule has 0 radical (unpaired) electrons. The van der Waals surface area contributed by atoms with E-state index in [4.69, 9.17) is 4.52 Å². The van der Waals surface area contributed by atoms with Crippen LogP contribution in [0.1, 0.15) is 16.1 Å². The van der Waals surface area contributed by atoms with E-state index in [9.17, 15) is 9.18 Å². The number of aromatic nitrogens is 2. The van der Waals surface area contributed by atoms with Crippen molar-refractivity contribution in [2.75, 3.05) is 12.4 Å². The molecule has 2 aromatic rings. The molecule has 0 aromatic carbocycles. The van der Waals surface area contributed by atoms with Crippen molar-refractivity contribution in [3.8, 4) is 0 Å². The summed E-state index contributed by atoms with van der Waals surface area (Å²) in [6.07, 6.45) is 2.83. The van der Waals surface area contributed by atoms with Gasteiger partial charge in [-0.15, -0.1) is 0 Å². The maximum Gasteiger partial charge on any atom is 0.254 e. The van der Waals surface area contributed by atoms with Crippen molar-refractivity contribution < 1.29 is 13.7 Å². The van der Waals surface area contributed by atoms with Crippen LogP contribution in [0.5, 0.6) is 0 Å². The van der Waals surface area contributed by atoms with Gasteiger partial charge in [0.25, 0.3) is 5.91 Å². The standard InChI is InChI=1S/C11H11FN4O2/c1-13-10-9(12)8(3-4-14-10)11(17)15-6-7-2-5-16-18-7/h2-5H,6H2,1H3,(H,13,14)(H,15,17). The predicted molar refractivity (Wildman–Crippen MR) is 61.4 cm³/mol. The van der Waals surface area contributed by atoms with Crippen LogP contribution in [0.15, 0.2) is 29.0 Å². The topological polar surface area (TPSA) is 80.0 Å². The maximum atomic E-state index is 13.8. The van der Waals surface area contributed by atoms with Crippen LogP contribution in [0.4, 0.5) is 10.2 Å². The Labute approximate surface area is 102 Å². The lowest BCUT2D eigenvalue weighted by molar-refractivity contribution is 0.0943. The van der Waals surface area contributed by atoms with Gasteiger partial charge >= 0.3 is 0 Å². The van der Waals surface area contributed by atoms with Crippen LogP contribution in [0.25, 0.3) is 0 Å². The minimum absolute atomic E-state index is 0.0299. The summed E-state index contributed by atoms with van der Waals surface area (Å²) in [6, 6.07) is 2.92. The highest BCUT2D eigenvalue weighted by molar-refractivity contribution is 5.95. The molecule has 2 aromatic heterocycles. The third-order valence-electron chi connectivity index (χ3n) is 2.29. The molecule has 2 rings (SSSR count). The second-order valence-corrected chi connectivity index (χ2v) is 3.43. The number of hydrogen-bond acceptors (Lipinski definition) is 5. The number of carbonyl (C=O) groups excluding carboxylic acids is 1. The zero-order chi connectivity index (χ0) is 13.0. The molecule has 2 N–H and O–H groups in total. The molecule has 6 nitrogen and oxygen atoms in total. The first-order valence-corrected chi connectivity index (χ1v) is 5.22. The highest BCUT2D eigenvalue weighted by Gasteiger charge is 2.15. The average molecular weight is 250 g/mol. The summed E-state index contributed by atoms with van der Waals surface area (Å²) in [7, 11) is 1.53. The highest BCUT2D eigenvalue weighted by atomic mass is 19.1. The summed E-state index contributed by atoms with van der Waals surface area (Å²) < 4.78 is 18.6. The molecule has 0 saturated carbocycles. The van der Waals surface area contributed by atoms with Gasteiger partial charge in [-0.25, -0.2) is 9.37 Å². The van der Waals surface area contributed by atoms with Crippen LogP contribution in [-0.2, 0) is 6.54 Å². The molecule has 7 heteroatoms. The molecule has 0 aliphatic heterocycles. The summed E-state index contributed by atoms with van der Waals surface area (Å²) in [6.45, 7) is 0.148. The van der Waals surface area contributed by atoms with E-state index in [-0.39, 0.29) is 17.9 Å². The van der Waals surface area contributed by atoms with Crippen LogP contribution >= 0.6 is 0 Å². The largest absolute Gasteiger partial charge is 0.371 e. The molecule has 0 aliphatic carbocycles. The summed E-state index contributed by atoms with van der Waals surface area (Å²) in [4.78, 5) is 15.5. The summed E-state index contributed by atoms with van der Waals surface area (Å²) in [5, 5.41) is 8.59. The number of halogens is 1. The van der Waals surface area contributed by atoms with Gasteiger partial charge in [0.05, 0.1) is 18.3 Å². The van der Waals surface area contributed by atoms with Gasteiger partial charge in [0.15, 0.2) is 17.4 Å². The summed E-state index contributed by atoms with van der Waals surface area (Å²) in [5.41, 5.74) is -0.0751. The van der Waals surface area contributed by atoms with Crippen molar-refractivity contribution >= 4 is 11.7 Å². The maximum absolute atomic E-state index is 13.8. The van der Waals surface area contributed by atoms with E-state index >= 15 is 0 Å². The van der Waals surface area contributed by atoms with Gasteiger partial charge < -0.3 is 15.2 Å². The van der Waals surface area contributed by atoms with Gasteiger partial charge in [0.2, 0.25) is 0 Å². The Balaban J connectivity index is 2.09. The molecule has 0 aliphatic rings. The first-order chi connectivity index (χ1) is 8.72. The first kappa shape index (κ1) is 12.0. The van der Waals surface area contributed by atoms with Crippen molar-refractivity contribution in [3.05, 3.63) is 41.7 Å². The van der Waals surface area contributed by atoms with E-state index < -0.39 is 11.7 Å². The monoisotopic (exact) mass is 250 g/mol. The minimum atomic E-state index is -0.685. The molecule has 94 valence electrons. The lowest BCUT2D eigenvalue weighted by Gasteiger charge is -2.06. The summed E-state index contributed by atoms with van der Waals surface area (Å²) in [5.74, 6) is -0.702. The van der Waals surface area contributed by atoms with Gasteiger partial charge in [-0.05, 0) is 6.07 Å². The fraction of sp³-hybridized carbons (Fsp3) is 0.182. The number of rotatable bonds is 4. The number of pyridine rings is 1. The van der Waals surface area contributed by atoms with Crippen molar-refractivity contribution in [1.29, 1.82) is 0 Å². The Kier molecular flexibility index (Phi) is 3.52. The third-order valence-corrected chi connectivity index (χ3v) is 2.29. The van der Waals surface area contributed by atoms with Crippen LogP contribution in [0, 0.1) is 5.82 Å². The lowest BCUT2D eigenvalue weighted by Crippen LogP contribution is -2.24. The van der Waals surface area contributed by atoms with E-state index in [0.717, 1.165) is 0 Å². The Morgan fingerprint density at radius 3 is 2.94 bits per heavy atom. The highest BCUT2D eigenvalue weighted by Crippen LogP contribution is 2.14. The molecule has 0 atom stereocenters. The van der Waals surface area contributed by atoms with Crippen molar-refractivity contribution in [1.82, 2.24) is 15.5 Å². The zero-order valence-electron chi connectivity index (χ0n) is 9.61. The molecule has 0 unspecified atom stereocenters. The van der Waals surface area contributed by atoms with Gasteiger partial charge in [-0.1, -0.05) is 5.16 Å². The van der Waals surface area contributed by atoms with E-state index in [0.29, 0.717) is 5.76 Å². The Bertz CT molecular complexity index is 542. The fourth-order valence-corrected chi connectivity index (χ4v) is 1.39. The van der Waals surface area contributed by atoms with Gasteiger partial charge in [0.1, 0.15) is 0 Å². The van der Waals surface area contributed by atoms with Gasteiger partial charge in [0, 0.05) is 19.3 Å². The van der Waals surface area contributed by atoms with E-state index in [1.807, 2.05) is 0 Å². The normalized spacial score (nSPS) is 10.1. The van der Waals surface area contributed by atoms with Crippen molar-refractivity contribution in [2.45, 2.75) is 6.54 Å². The van der Waals surface area contributed by atoms with Crippen LogP contribution in [0.3, 0.4) is 0 Å². The molecular weight excluding hydrogens is 239 g/mol. The predicted octanol–water partition coefficient (Wildman–Crippen LogP) is 1.18. The van der Waals surface area contributed by atoms with Crippen LogP contribution < -0.4 is 10.6 Å². The third kappa shape index (κ3) is 2.45. The lowest BCUT2D eigenvalue weighted by atomic mass is 10.2. The number of amides is 1. The minimum Gasteiger partial charge on any atom is -0.371 e. The Hall–Kier alpha value is -2.44. The average Bonchev–Trinajstić information content (AvgIpc) is 2.89. The van der Waals surface area contributed by atoms with Gasteiger partial charge in [-0.3, -0.25) is 4.79 Å². The number of carbonyl (C=O) groups is 1. The molecule has 0 fully saturated rings. The van der Waals surface area contributed by atoms with Gasteiger partial charge in [-0.2, -0.15) is 0 Å². The molecular formula is C11H11FN4O2. The fourth-order valence-electron chi connectivity index (χ4n) is 1.39. The summed E-state index contributed by atoms with van der Waals surface area (Å²) >= 11 is 0. The zero-order valence-corrected chi connectivity index (χ0v) is 9.61.